The highest BCUT2D eigenvalue weighted by Crippen LogP contribution is 2.23. The van der Waals surface area contributed by atoms with Crippen molar-refractivity contribution in [2.75, 3.05) is 0 Å². The van der Waals surface area contributed by atoms with Crippen molar-refractivity contribution in [2.45, 2.75) is 50.4 Å². The van der Waals surface area contributed by atoms with Gasteiger partial charge in [-0.25, -0.2) is 9.97 Å². The third kappa shape index (κ3) is 9.97. The van der Waals surface area contributed by atoms with E-state index in [4.69, 9.17) is 0 Å². The van der Waals surface area contributed by atoms with Gasteiger partial charge in [0.1, 0.15) is 0 Å². The molecule has 0 spiro atoms. The zero-order chi connectivity index (χ0) is 30.8. The predicted molar refractivity (Wildman–Crippen MR) is 193 cm³/mol. The van der Waals surface area contributed by atoms with Crippen molar-refractivity contribution in [1.82, 2.24) is 0 Å². The first-order valence-corrected chi connectivity index (χ1v) is 22.6. The molecule has 4 heteroatoms. The largest absolute Gasteiger partial charge is 0.218 e. The van der Waals surface area contributed by atoms with Crippen LogP contribution in [-0.4, -0.2) is 16.1 Å². The van der Waals surface area contributed by atoms with Crippen LogP contribution < -0.4 is 9.97 Å². The molecule has 0 unspecified atom stereocenters. The topological polar surface area (TPSA) is 28.3 Å². The molecule has 2 heterocycles. The van der Waals surface area contributed by atoms with Crippen molar-refractivity contribution in [2.24, 2.45) is 0 Å². The minimum atomic E-state index is -1.47. The Morgan fingerprint density at radius 2 is 0.727 bits per heavy atom. The maximum Gasteiger partial charge on any atom is 0.167 e. The molecule has 3 aromatic carbocycles. The Morgan fingerprint density at radius 1 is 0.409 bits per heavy atom. The molecule has 0 aliphatic rings. The molecule has 0 aliphatic carbocycles. The molecule has 2 aromatic heterocycles. The normalized spacial score (nSPS) is 12.3. The Labute approximate surface area is 266 Å². The average molecular weight is 611 g/mol. The van der Waals surface area contributed by atoms with Gasteiger partial charge in [0, 0.05) is 24.3 Å². The fourth-order valence-electron chi connectivity index (χ4n) is 6.08. The van der Waals surface area contributed by atoms with Crippen LogP contribution in [-0.2, 0) is 24.2 Å². The molecule has 0 fully saturated rings. The first kappa shape index (κ1) is 31.3. The highest BCUT2D eigenvalue weighted by Gasteiger charge is 2.24. The molecule has 2 nitrogen and oxygen atoms in total. The molecule has 0 amide bonds. The van der Waals surface area contributed by atoms with Gasteiger partial charge in [0.25, 0.3) is 0 Å². The molecular formula is C40H46N2Si2+2. The average Bonchev–Trinajstić information content (AvgIpc) is 3.01. The summed E-state index contributed by atoms with van der Waals surface area (Å²) in [6.45, 7) is 10.2. The van der Waals surface area contributed by atoms with Crippen molar-refractivity contribution in [1.29, 1.82) is 0 Å². The molecule has 0 saturated carbocycles. The summed E-state index contributed by atoms with van der Waals surface area (Å²) < 4.78 is 0. The fourth-order valence-corrected chi connectivity index (χ4v) is 11.7. The van der Waals surface area contributed by atoms with E-state index < -0.39 is 16.1 Å². The van der Waals surface area contributed by atoms with E-state index in [9.17, 15) is 0 Å². The summed E-state index contributed by atoms with van der Waals surface area (Å²) in [6, 6.07) is 41.0. The Bertz CT molecular complexity index is 1550. The number of rotatable bonds is 12. The Morgan fingerprint density at radius 3 is 1.09 bits per heavy atom. The summed E-state index contributed by atoms with van der Waals surface area (Å²) in [5.41, 5.74) is 10.8. The van der Waals surface area contributed by atoms with E-state index in [1.807, 2.05) is 24.8 Å². The van der Waals surface area contributed by atoms with Crippen LogP contribution >= 0.6 is 0 Å². The van der Waals surface area contributed by atoms with Crippen LogP contribution in [0.1, 0.15) is 44.5 Å². The summed E-state index contributed by atoms with van der Waals surface area (Å²) >= 11 is 0. The highest BCUT2D eigenvalue weighted by molar-refractivity contribution is 6.76. The van der Waals surface area contributed by atoms with Crippen molar-refractivity contribution in [3.8, 4) is 0 Å². The van der Waals surface area contributed by atoms with Crippen LogP contribution in [0.3, 0.4) is 0 Å². The van der Waals surface area contributed by atoms with Crippen LogP contribution in [0.5, 0.6) is 0 Å². The summed E-state index contributed by atoms with van der Waals surface area (Å²) in [5, 5.41) is 0. The number of H-pyrrole nitrogens is 2. The van der Waals surface area contributed by atoms with E-state index in [0.29, 0.717) is 0 Å². The summed E-state index contributed by atoms with van der Waals surface area (Å²) in [5.74, 6) is 0. The summed E-state index contributed by atoms with van der Waals surface area (Å²) in [7, 11) is -2.93. The van der Waals surface area contributed by atoms with Gasteiger partial charge in [0.05, 0.1) is 16.1 Å². The van der Waals surface area contributed by atoms with Crippen LogP contribution in [0.25, 0.3) is 24.3 Å². The molecular weight excluding hydrogens is 565 g/mol. The lowest BCUT2D eigenvalue weighted by atomic mass is 10.1. The monoisotopic (exact) mass is 610 g/mol. The zero-order valence-corrected chi connectivity index (χ0v) is 28.7. The quantitative estimate of drug-likeness (QED) is 0.126. The first-order chi connectivity index (χ1) is 21.2. The van der Waals surface area contributed by atoms with E-state index in [1.165, 1.54) is 68.7 Å². The predicted octanol–water partition coefficient (Wildman–Crippen LogP) is 8.80. The first-order valence-electron chi connectivity index (χ1n) is 15.8. The highest BCUT2D eigenvalue weighted by atomic mass is 28.3. The van der Waals surface area contributed by atoms with Gasteiger partial charge < -0.3 is 0 Å². The van der Waals surface area contributed by atoms with Gasteiger partial charge in [0.2, 0.25) is 0 Å². The number of pyridine rings is 2. The smallest absolute Gasteiger partial charge is 0.167 e. The van der Waals surface area contributed by atoms with Crippen molar-refractivity contribution < 1.29 is 9.97 Å². The van der Waals surface area contributed by atoms with Gasteiger partial charge in [-0.05, 0) is 46.4 Å². The Balaban J connectivity index is 1.15. The minimum Gasteiger partial charge on any atom is -0.218 e. The number of aromatic nitrogens is 2. The maximum atomic E-state index is 3.08. The number of hydrogen-bond donors (Lipinski definition) is 0. The van der Waals surface area contributed by atoms with Gasteiger partial charge in [-0.3, -0.25) is 0 Å². The molecule has 44 heavy (non-hydrogen) atoms. The van der Waals surface area contributed by atoms with E-state index in [2.05, 4.69) is 158 Å². The van der Waals surface area contributed by atoms with Gasteiger partial charge >= 0.3 is 0 Å². The van der Waals surface area contributed by atoms with Crippen LogP contribution in [0, 0.1) is 0 Å². The van der Waals surface area contributed by atoms with E-state index in [0.717, 1.165) is 0 Å². The molecule has 222 valence electrons. The van der Waals surface area contributed by atoms with E-state index in [1.54, 1.807) is 0 Å². The van der Waals surface area contributed by atoms with Crippen molar-refractivity contribution in [3.63, 3.8) is 0 Å². The zero-order valence-electron chi connectivity index (χ0n) is 26.7. The molecule has 2 N–H and O–H groups in total. The Kier molecular flexibility index (Phi) is 10.4. The molecule has 5 rings (SSSR count). The van der Waals surface area contributed by atoms with Gasteiger partial charge in [0.15, 0.2) is 24.8 Å². The molecule has 0 bridgehead atoms. The standard InChI is InChI=1S/C40H44N2Si2/c1-43(2,29-37-16-12-33(13-17-37)8-10-35-20-24-41-25-21-35)31-39-6-5-7-40(28-39)32-44(3,4)30-38-18-14-34(15-19-38)9-11-36-22-26-42-27-23-36/h5-28H,29-32H2,1-4H3/p+2/b10-8+,11-9+. The fraction of sp³-hybridized carbons (Fsp3) is 0.200. The lowest BCUT2D eigenvalue weighted by molar-refractivity contribution is -0.378. The van der Waals surface area contributed by atoms with Gasteiger partial charge in [-0.1, -0.05) is 146 Å². The number of hydrogen-bond acceptors (Lipinski definition) is 0. The van der Waals surface area contributed by atoms with Gasteiger partial charge in [-0.15, -0.1) is 0 Å². The van der Waals surface area contributed by atoms with Crippen molar-refractivity contribution in [3.05, 3.63) is 166 Å². The van der Waals surface area contributed by atoms with E-state index >= 15 is 0 Å². The van der Waals surface area contributed by atoms with Crippen LogP contribution in [0.15, 0.2) is 122 Å². The van der Waals surface area contributed by atoms with Crippen LogP contribution in [0.4, 0.5) is 0 Å². The van der Waals surface area contributed by atoms with Crippen LogP contribution in [0.2, 0.25) is 26.2 Å². The maximum absolute atomic E-state index is 3.08. The second-order valence-corrected chi connectivity index (χ2v) is 23.7. The lowest BCUT2D eigenvalue weighted by Gasteiger charge is -2.25. The number of benzene rings is 3. The lowest BCUT2D eigenvalue weighted by Crippen LogP contribution is -2.34. The van der Waals surface area contributed by atoms with Crippen molar-refractivity contribution >= 4 is 40.5 Å². The second-order valence-electron chi connectivity index (χ2n) is 13.7. The molecule has 0 saturated heterocycles. The van der Waals surface area contributed by atoms with Gasteiger partial charge in [-0.2, -0.15) is 0 Å². The molecule has 0 aliphatic heterocycles. The van der Waals surface area contributed by atoms with E-state index in [-0.39, 0.29) is 0 Å². The SMILES string of the molecule is C[Si](C)(Cc1ccc(/C=C/c2cc[nH+]cc2)cc1)Cc1cccc(C[Si](C)(C)Cc2ccc(/C=C/c3cc[nH+]cc3)cc2)c1. The second kappa shape index (κ2) is 14.6. The third-order valence-electron chi connectivity index (χ3n) is 8.11. The summed E-state index contributed by atoms with van der Waals surface area (Å²) in [4.78, 5) is 6.15. The Hall–Kier alpha value is -4.13. The minimum absolute atomic E-state index is 1.20. The molecule has 0 atom stereocenters. The number of nitrogens with one attached hydrogen (secondary N) is 2. The third-order valence-corrected chi connectivity index (χ3v) is 13.6. The summed E-state index contributed by atoms with van der Waals surface area (Å²) in [6.07, 6.45) is 16.5. The number of aromatic amines is 2. The molecule has 5 aromatic rings. The molecule has 0 radical (unpaired) electrons.